The number of aliphatic carboxylic acids is 1. The van der Waals surface area contributed by atoms with Crippen LogP contribution in [0.15, 0.2) is 0 Å². The van der Waals surface area contributed by atoms with Crippen molar-refractivity contribution in [3.63, 3.8) is 0 Å². The number of rotatable bonds is 3. The molecule has 2 N–H and O–H groups in total. The Labute approximate surface area is 120 Å². The van der Waals surface area contributed by atoms with E-state index in [0.717, 1.165) is 32.2 Å². The lowest BCUT2D eigenvalue weighted by Gasteiger charge is -2.38. The second-order valence-electron chi connectivity index (χ2n) is 6.38. The van der Waals surface area contributed by atoms with E-state index in [2.05, 4.69) is 19.2 Å². The van der Waals surface area contributed by atoms with Crippen molar-refractivity contribution in [3.8, 4) is 0 Å². The number of likely N-dealkylation sites (tertiary alicyclic amines) is 1. The Hall–Kier alpha value is -1.26. The molecule has 1 heterocycles. The first kappa shape index (κ1) is 15.1. The normalized spacial score (nSPS) is 34.0. The van der Waals surface area contributed by atoms with Crippen LogP contribution in [0.25, 0.3) is 0 Å². The fourth-order valence-corrected chi connectivity index (χ4v) is 3.55. The minimum atomic E-state index is -0.721. The number of hydrogen-bond donors (Lipinski definition) is 2. The van der Waals surface area contributed by atoms with E-state index in [0.29, 0.717) is 12.5 Å². The lowest BCUT2D eigenvalue weighted by Crippen LogP contribution is -2.51. The van der Waals surface area contributed by atoms with Crippen LogP contribution in [0.4, 0.5) is 4.79 Å². The number of nitrogens with zero attached hydrogens (tertiary/aromatic N) is 1. The molecule has 1 aliphatic heterocycles. The van der Waals surface area contributed by atoms with E-state index < -0.39 is 5.97 Å². The summed E-state index contributed by atoms with van der Waals surface area (Å²) < 4.78 is 0. The first-order valence-electron chi connectivity index (χ1n) is 7.78. The zero-order valence-corrected chi connectivity index (χ0v) is 12.5. The highest BCUT2D eigenvalue weighted by molar-refractivity contribution is 5.75. The Bertz CT molecular complexity index is 372. The quantitative estimate of drug-likeness (QED) is 0.834. The molecular weight excluding hydrogens is 256 g/mol. The largest absolute Gasteiger partial charge is 0.481 e. The molecule has 0 radical (unpaired) electrons. The molecule has 0 aromatic heterocycles. The maximum Gasteiger partial charge on any atom is 0.317 e. The third-order valence-corrected chi connectivity index (χ3v) is 5.13. The summed E-state index contributed by atoms with van der Waals surface area (Å²) in [7, 11) is 0. The summed E-state index contributed by atoms with van der Waals surface area (Å²) in [5, 5.41) is 12.1. The fraction of sp³-hybridized carbons (Fsp3) is 0.867. The second kappa shape index (κ2) is 6.46. The van der Waals surface area contributed by atoms with Gasteiger partial charge in [-0.1, -0.05) is 13.3 Å². The number of hydrogen-bond acceptors (Lipinski definition) is 2. The van der Waals surface area contributed by atoms with Crippen molar-refractivity contribution < 1.29 is 14.7 Å². The van der Waals surface area contributed by atoms with Crippen LogP contribution in [-0.2, 0) is 4.79 Å². The van der Waals surface area contributed by atoms with Gasteiger partial charge in [0.2, 0.25) is 0 Å². The number of nitrogens with one attached hydrogen (secondary N) is 1. The van der Waals surface area contributed by atoms with Gasteiger partial charge in [0.25, 0.3) is 0 Å². The van der Waals surface area contributed by atoms with Gasteiger partial charge in [0, 0.05) is 19.1 Å². The zero-order chi connectivity index (χ0) is 14.7. The Morgan fingerprint density at radius 1 is 1.20 bits per heavy atom. The molecule has 0 aromatic carbocycles. The smallest absolute Gasteiger partial charge is 0.317 e. The molecule has 2 amide bonds. The summed E-state index contributed by atoms with van der Waals surface area (Å²) >= 11 is 0. The Morgan fingerprint density at radius 2 is 1.95 bits per heavy atom. The van der Waals surface area contributed by atoms with E-state index >= 15 is 0 Å². The number of carboxylic acid groups (broad SMARTS) is 1. The van der Waals surface area contributed by atoms with Gasteiger partial charge in [0.1, 0.15) is 0 Å². The van der Waals surface area contributed by atoms with Crippen LogP contribution in [0.1, 0.15) is 46.0 Å². The minimum Gasteiger partial charge on any atom is -0.481 e. The SMILES string of the molecule is CC1CCCN(C(=O)NCC2CCCC2C(=O)O)C1C. The van der Waals surface area contributed by atoms with Gasteiger partial charge in [-0.2, -0.15) is 0 Å². The first-order chi connectivity index (χ1) is 9.50. The summed E-state index contributed by atoms with van der Waals surface area (Å²) in [4.78, 5) is 25.3. The van der Waals surface area contributed by atoms with Crippen LogP contribution in [0.5, 0.6) is 0 Å². The highest BCUT2D eigenvalue weighted by atomic mass is 16.4. The van der Waals surface area contributed by atoms with E-state index in [9.17, 15) is 9.59 Å². The van der Waals surface area contributed by atoms with Crippen molar-refractivity contribution in [3.05, 3.63) is 0 Å². The predicted molar refractivity (Wildman–Crippen MR) is 76.4 cm³/mol. The number of amides is 2. The van der Waals surface area contributed by atoms with E-state index in [1.54, 1.807) is 0 Å². The van der Waals surface area contributed by atoms with Gasteiger partial charge in [0.15, 0.2) is 0 Å². The lowest BCUT2D eigenvalue weighted by atomic mass is 9.92. The maximum absolute atomic E-state index is 12.3. The zero-order valence-electron chi connectivity index (χ0n) is 12.5. The van der Waals surface area contributed by atoms with Crippen molar-refractivity contribution >= 4 is 12.0 Å². The number of carbonyl (C=O) groups is 2. The average Bonchev–Trinajstić information content (AvgIpc) is 2.87. The molecule has 20 heavy (non-hydrogen) atoms. The van der Waals surface area contributed by atoms with E-state index in [-0.39, 0.29) is 23.9 Å². The maximum atomic E-state index is 12.3. The molecule has 1 aliphatic carbocycles. The highest BCUT2D eigenvalue weighted by Gasteiger charge is 2.34. The van der Waals surface area contributed by atoms with Gasteiger partial charge in [-0.05, 0) is 44.4 Å². The van der Waals surface area contributed by atoms with Gasteiger partial charge in [-0.3, -0.25) is 4.79 Å². The minimum absolute atomic E-state index is 0.0277. The van der Waals surface area contributed by atoms with Gasteiger partial charge in [0.05, 0.1) is 5.92 Å². The molecule has 2 aliphatic rings. The lowest BCUT2D eigenvalue weighted by molar-refractivity contribution is -0.142. The molecule has 5 nitrogen and oxygen atoms in total. The molecule has 0 aromatic rings. The highest BCUT2D eigenvalue weighted by Crippen LogP contribution is 2.31. The van der Waals surface area contributed by atoms with Crippen LogP contribution >= 0.6 is 0 Å². The molecule has 5 heteroatoms. The third-order valence-electron chi connectivity index (χ3n) is 5.13. The summed E-state index contributed by atoms with van der Waals surface area (Å²) in [6.07, 6.45) is 4.83. The molecule has 2 fully saturated rings. The molecule has 2 rings (SSSR count). The van der Waals surface area contributed by atoms with Crippen LogP contribution < -0.4 is 5.32 Å². The summed E-state index contributed by atoms with van der Waals surface area (Å²) in [5.74, 6) is -0.378. The molecule has 4 unspecified atom stereocenters. The molecule has 4 atom stereocenters. The van der Waals surface area contributed by atoms with Gasteiger partial charge < -0.3 is 15.3 Å². The van der Waals surface area contributed by atoms with E-state index in [4.69, 9.17) is 5.11 Å². The monoisotopic (exact) mass is 282 g/mol. The number of urea groups is 1. The van der Waals surface area contributed by atoms with Crippen LogP contribution in [0.3, 0.4) is 0 Å². The summed E-state index contributed by atoms with van der Waals surface area (Å²) in [6, 6.07) is 0.239. The first-order valence-corrected chi connectivity index (χ1v) is 7.78. The summed E-state index contributed by atoms with van der Waals surface area (Å²) in [5.41, 5.74) is 0. The molecule has 114 valence electrons. The molecule has 1 saturated heterocycles. The van der Waals surface area contributed by atoms with E-state index in [1.165, 1.54) is 6.42 Å². The van der Waals surface area contributed by atoms with Crippen LogP contribution in [0.2, 0.25) is 0 Å². The predicted octanol–water partition coefficient (Wildman–Crippen LogP) is 2.32. The topological polar surface area (TPSA) is 69.6 Å². The Balaban J connectivity index is 1.84. The van der Waals surface area contributed by atoms with Crippen molar-refractivity contribution in [2.45, 2.75) is 52.0 Å². The van der Waals surface area contributed by atoms with Gasteiger partial charge >= 0.3 is 12.0 Å². The second-order valence-corrected chi connectivity index (χ2v) is 6.38. The number of carboxylic acids is 1. The van der Waals surface area contributed by atoms with E-state index in [1.807, 2.05) is 4.90 Å². The standard InChI is InChI=1S/C15H26N2O3/c1-10-5-4-8-17(11(10)2)15(20)16-9-12-6-3-7-13(12)14(18)19/h10-13H,3-9H2,1-2H3,(H,16,20)(H,18,19). The van der Waals surface area contributed by atoms with Gasteiger partial charge in [-0.15, -0.1) is 0 Å². The molecule has 0 bridgehead atoms. The van der Waals surface area contributed by atoms with Crippen molar-refractivity contribution in [2.24, 2.45) is 17.8 Å². The fourth-order valence-electron chi connectivity index (χ4n) is 3.55. The van der Waals surface area contributed by atoms with Crippen molar-refractivity contribution in [1.82, 2.24) is 10.2 Å². The Kier molecular flexibility index (Phi) is 4.89. The van der Waals surface area contributed by atoms with Gasteiger partial charge in [-0.25, -0.2) is 4.79 Å². The Morgan fingerprint density at radius 3 is 2.65 bits per heavy atom. The molecular formula is C15H26N2O3. The van der Waals surface area contributed by atoms with Crippen LogP contribution in [-0.4, -0.2) is 41.1 Å². The van der Waals surface area contributed by atoms with Crippen molar-refractivity contribution in [1.29, 1.82) is 0 Å². The molecule has 1 saturated carbocycles. The number of piperidine rings is 1. The summed E-state index contributed by atoms with van der Waals surface area (Å²) in [6.45, 7) is 5.58. The van der Waals surface area contributed by atoms with Crippen molar-refractivity contribution in [2.75, 3.05) is 13.1 Å². The third kappa shape index (κ3) is 3.25. The molecule has 0 spiro atoms. The van der Waals surface area contributed by atoms with Crippen LogP contribution in [0, 0.1) is 17.8 Å². The average molecular weight is 282 g/mol. The number of carbonyl (C=O) groups excluding carboxylic acids is 1.